The molecule has 2 aliphatic heterocycles. The van der Waals surface area contributed by atoms with E-state index in [4.69, 9.17) is 0 Å². The van der Waals surface area contributed by atoms with Crippen LogP contribution in [0.3, 0.4) is 0 Å². The molecule has 0 fully saturated rings. The van der Waals surface area contributed by atoms with E-state index >= 15 is 0 Å². The number of fused-ring (bicyclic) bond motifs is 2. The molecule has 7 nitrogen and oxygen atoms in total. The zero-order valence-electron chi connectivity index (χ0n) is 14.3. The summed E-state index contributed by atoms with van der Waals surface area (Å²) in [7, 11) is 0. The monoisotopic (exact) mass is 351 g/mol. The molecular formula is C19H17N3O4. The van der Waals surface area contributed by atoms with Crippen molar-refractivity contribution in [3.05, 3.63) is 68.8 Å². The molecule has 0 N–H and O–H groups in total. The molecule has 0 spiro atoms. The normalized spacial score (nSPS) is 15.9. The number of amides is 2. The molecule has 0 aromatic heterocycles. The highest BCUT2D eigenvalue weighted by Crippen LogP contribution is 2.33. The van der Waals surface area contributed by atoms with Gasteiger partial charge >= 0.3 is 0 Å². The Morgan fingerprint density at radius 3 is 2.73 bits per heavy atom. The van der Waals surface area contributed by atoms with Crippen LogP contribution in [0, 0.1) is 17.0 Å². The van der Waals surface area contributed by atoms with Crippen LogP contribution in [0.2, 0.25) is 0 Å². The van der Waals surface area contributed by atoms with E-state index in [1.165, 1.54) is 29.3 Å². The van der Waals surface area contributed by atoms with E-state index in [1.54, 1.807) is 0 Å². The van der Waals surface area contributed by atoms with Crippen molar-refractivity contribution in [3.63, 3.8) is 0 Å². The second-order valence-corrected chi connectivity index (χ2v) is 6.64. The molecule has 0 saturated carbocycles. The molecule has 0 radical (unpaired) electrons. The Bertz CT molecular complexity index is 954. The number of carbonyl (C=O) groups is 2. The van der Waals surface area contributed by atoms with Crippen molar-refractivity contribution < 1.29 is 14.5 Å². The maximum absolute atomic E-state index is 12.7. The van der Waals surface area contributed by atoms with Gasteiger partial charge in [0.25, 0.3) is 17.5 Å². The van der Waals surface area contributed by atoms with Gasteiger partial charge in [-0.3, -0.25) is 24.6 Å². The molecule has 132 valence electrons. The number of nitro groups is 1. The standard InChI is InChI=1S/C19H17N3O4/c1-12-7-8-15-13(10-12)4-3-9-20(15)11-21-18(23)14-5-2-6-16(22(25)26)17(14)19(21)24/h2,5-8,10H,3-4,9,11H2,1H3. The minimum Gasteiger partial charge on any atom is -0.353 e. The van der Waals surface area contributed by atoms with Crippen molar-refractivity contribution in [1.29, 1.82) is 0 Å². The number of hydrogen-bond acceptors (Lipinski definition) is 5. The quantitative estimate of drug-likeness (QED) is 0.482. The zero-order chi connectivity index (χ0) is 18.4. The molecule has 0 bridgehead atoms. The van der Waals surface area contributed by atoms with Gasteiger partial charge in [0.1, 0.15) is 12.2 Å². The van der Waals surface area contributed by atoms with E-state index in [-0.39, 0.29) is 23.5 Å². The summed E-state index contributed by atoms with van der Waals surface area (Å²) in [5.41, 5.74) is 3.04. The predicted molar refractivity (Wildman–Crippen MR) is 95.3 cm³/mol. The fourth-order valence-corrected chi connectivity index (χ4v) is 3.72. The van der Waals surface area contributed by atoms with Crippen LogP contribution in [0.4, 0.5) is 11.4 Å². The highest BCUT2D eigenvalue weighted by Gasteiger charge is 2.41. The first-order valence-corrected chi connectivity index (χ1v) is 8.45. The molecule has 0 unspecified atom stereocenters. The van der Waals surface area contributed by atoms with Gasteiger partial charge in [-0.15, -0.1) is 0 Å². The maximum atomic E-state index is 12.7. The van der Waals surface area contributed by atoms with Crippen molar-refractivity contribution >= 4 is 23.2 Å². The number of rotatable bonds is 3. The van der Waals surface area contributed by atoms with Gasteiger partial charge in [0, 0.05) is 18.3 Å². The van der Waals surface area contributed by atoms with Crippen LogP contribution in [0.5, 0.6) is 0 Å². The van der Waals surface area contributed by atoms with Crippen molar-refractivity contribution in [2.45, 2.75) is 19.8 Å². The van der Waals surface area contributed by atoms with Crippen molar-refractivity contribution in [3.8, 4) is 0 Å². The minimum atomic E-state index is -0.619. The summed E-state index contributed by atoms with van der Waals surface area (Å²) < 4.78 is 0. The van der Waals surface area contributed by atoms with Crippen LogP contribution < -0.4 is 4.90 Å². The van der Waals surface area contributed by atoms with Gasteiger partial charge in [-0.1, -0.05) is 23.8 Å². The highest BCUT2D eigenvalue weighted by atomic mass is 16.6. The van der Waals surface area contributed by atoms with E-state index in [2.05, 4.69) is 6.07 Å². The van der Waals surface area contributed by atoms with Crippen LogP contribution in [-0.4, -0.2) is 34.9 Å². The first kappa shape index (κ1) is 16.3. The first-order valence-electron chi connectivity index (χ1n) is 8.45. The van der Waals surface area contributed by atoms with Gasteiger partial charge in [0.2, 0.25) is 0 Å². The average molecular weight is 351 g/mol. The summed E-state index contributed by atoms with van der Waals surface area (Å²) >= 11 is 0. The fourth-order valence-electron chi connectivity index (χ4n) is 3.72. The van der Waals surface area contributed by atoms with E-state index in [1.807, 2.05) is 24.0 Å². The molecule has 2 aliphatic rings. The highest BCUT2D eigenvalue weighted by molar-refractivity contribution is 6.23. The fraction of sp³-hybridized carbons (Fsp3) is 0.263. The number of benzene rings is 2. The van der Waals surface area contributed by atoms with Crippen molar-refractivity contribution in [2.75, 3.05) is 18.1 Å². The van der Waals surface area contributed by atoms with Gasteiger partial charge in [-0.25, -0.2) is 0 Å². The van der Waals surface area contributed by atoms with Crippen molar-refractivity contribution in [2.24, 2.45) is 0 Å². The van der Waals surface area contributed by atoms with Crippen LogP contribution in [-0.2, 0) is 6.42 Å². The van der Waals surface area contributed by atoms with Gasteiger partial charge in [-0.2, -0.15) is 0 Å². The summed E-state index contributed by atoms with van der Waals surface area (Å²) in [6.45, 7) is 2.85. The number of hydrogen-bond donors (Lipinski definition) is 0. The Labute approximate surface area is 150 Å². The second-order valence-electron chi connectivity index (χ2n) is 6.64. The Hall–Kier alpha value is -3.22. The lowest BCUT2D eigenvalue weighted by molar-refractivity contribution is -0.385. The van der Waals surface area contributed by atoms with Crippen molar-refractivity contribution in [1.82, 2.24) is 4.90 Å². The van der Waals surface area contributed by atoms with Crippen LogP contribution in [0.15, 0.2) is 36.4 Å². The molecule has 2 heterocycles. The number of nitrogens with zero attached hydrogens (tertiary/aromatic N) is 3. The van der Waals surface area contributed by atoms with E-state index < -0.39 is 16.7 Å². The van der Waals surface area contributed by atoms with Crippen LogP contribution in [0.25, 0.3) is 0 Å². The molecule has 2 amide bonds. The number of aryl methyl sites for hydroxylation is 2. The zero-order valence-corrected chi connectivity index (χ0v) is 14.3. The smallest absolute Gasteiger partial charge is 0.282 e. The third-order valence-corrected chi connectivity index (χ3v) is 4.94. The Kier molecular flexibility index (Phi) is 3.72. The SMILES string of the molecule is Cc1ccc2c(c1)CCCN2CN1C(=O)c2cccc([N+](=O)[O-])c2C1=O. The summed E-state index contributed by atoms with van der Waals surface area (Å²) in [6.07, 6.45) is 1.89. The lowest BCUT2D eigenvalue weighted by Gasteiger charge is -2.33. The predicted octanol–water partition coefficient (Wildman–Crippen LogP) is 2.91. The first-order chi connectivity index (χ1) is 12.5. The molecule has 0 aliphatic carbocycles. The lowest BCUT2D eigenvalue weighted by Crippen LogP contribution is -2.43. The van der Waals surface area contributed by atoms with E-state index in [0.717, 1.165) is 30.0 Å². The molecule has 0 saturated heterocycles. The third kappa shape index (κ3) is 2.44. The molecule has 4 rings (SSSR count). The van der Waals surface area contributed by atoms with Crippen LogP contribution in [0.1, 0.15) is 38.3 Å². The Morgan fingerprint density at radius 2 is 1.96 bits per heavy atom. The maximum Gasteiger partial charge on any atom is 0.282 e. The summed E-state index contributed by atoms with van der Waals surface area (Å²) in [5.74, 6) is -1.08. The van der Waals surface area contributed by atoms with Gasteiger partial charge in [-0.05, 0) is 37.5 Å². The Morgan fingerprint density at radius 1 is 1.15 bits per heavy atom. The number of anilines is 1. The molecular weight excluding hydrogens is 334 g/mol. The summed E-state index contributed by atoms with van der Waals surface area (Å²) in [6, 6.07) is 10.3. The number of nitro benzene ring substituents is 1. The number of imide groups is 1. The van der Waals surface area contributed by atoms with E-state index in [0.29, 0.717) is 0 Å². The second kappa shape index (κ2) is 5.94. The average Bonchev–Trinajstić information content (AvgIpc) is 2.86. The lowest BCUT2D eigenvalue weighted by atomic mass is 10.00. The molecule has 0 atom stereocenters. The Balaban J connectivity index is 1.67. The summed E-state index contributed by atoms with van der Waals surface area (Å²) in [4.78, 5) is 39.1. The molecule has 2 aromatic carbocycles. The molecule has 26 heavy (non-hydrogen) atoms. The summed E-state index contributed by atoms with van der Waals surface area (Å²) in [5, 5.41) is 11.2. The molecule has 2 aromatic rings. The topological polar surface area (TPSA) is 83.8 Å². The van der Waals surface area contributed by atoms with Gasteiger partial charge < -0.3 is 4.90 Å². The largest absolute Gasteiger partial charge is 0.353 e. The van der Waals surface area contributed by atoms with Gasteiger partial charge in [0.05, 0.1) is 10.5 Å². The van der Waals surface area contributed by atoms with E-state index in [9.17, 15) is 19.7 Å². The van der Waals surface area contributed by atoms with Gasteiger partial charge in [0.15, 0.2) is 0 Å². The minimum absolute atomic E-state index is 0.0968. The van der Waals surface area contributed by atoms with Crippen LogP contribution >= 0.6 is 0 Å². The third-order valence-electron chi connectivity index (χ3n) is 4.94. The number of carbonyl (C=O) groups excluding carboxylic acids is 2. The molecule has 7 heteroatoms.